The number of nitrogens with zero attached hydrogens (tertiary/aromatic N) is 2. The maximum Gasteiger partial charge on any atom is 0.263 e. The number of hydrogen-bond acceptors (Lipinski definition) is 7. The van der Waals surface area contributed by atoms with Gasteiger partial charge in [-0.15, -0.1) is 11.3 Å². The van der Waals surface area contributed by atoms with Gasteiger partial charge >= 0.3 is 0 Å². The van der Waals surface area contributed by atoms with Crippen molar-refractivity contribution in [2.45, 2.75) is 46.1 Å². The molecule has 0 spiro atoms. The normalized spacial score (nSPS) is 11.6. The molecule has 0 radical (unpaired) electrons. The summed E-state index contributed by atoms with van der Waals surface area (Å²) in [6.45, 7) is 5.12. The van der Waals surface area contributed by atoms with Gasteiger partial charge in [0.25, 0.3) is 5.91 Å². The molecule has 0 aliphatic heterocycles. The molecular formula is C18H25N3O4S. The van der Waals surface area contributed by atoms with Crippen LogP contribution in [0.1, 0.15) is 57.2 Å². The van der Waals surface area contributed by atoms with E-state index in [0.29, 0.717) is 15.6 Å². The molecule has 0 fully saturated rings. The second-order valence-corrected chi connectivity index (χ2v) is 7.07. The van der Waals surface area contributed by atoms with Crippen molar-refractivity contribution in [3.05, 3.63) is 32.6 Å². The van der Waals surface area contributed by atoms with E-state index in [-0.39, 0.29) is 19.1 Å². The van der Waals surface area contributed by atoms with Gasteiger partial charge in [0.05, 0.1) is 30.6 Å². The van der Waals surface area contributed by atoms with E-state index in [2.05, 4.69) is 22.4 Å². The molecule has 0 bridgehead atoms. The van der Waals surface area contributed by atoms with Crippen LogP contribution in [0, 0.1) is 13.8 Å². The average molecular weight is 379 g/mol. The maximum atomic E-state index is 12.3. The van der Waals surface area contributed by atoms with E-state index in [1.54, 1.807) is 6.92 Å². The molecule has 0 atom stereocenters. The minimum atomic E-state index is -0.677. The third-order valence-electron chi connectivity index (χ3n) is 3.94. The Morgan fingerprint density at radius 3 is 2.69 bits per heavy atom. The van der Waals surface area contributed by atoms with Crippen molar-refractivity contribution in [3.8, 4) is 0 Å². The molecule has 1 amide bonds. The number of aryl methyl sites for hydroxylation is 3. The summed E-state index contributed by atoms with van der Waals surface area (Å²) in [7, 11) is 0. The van der Waals surface area contributed by atoms with E-state index in [4.69, 9.17) is 14.7 Å². The Balaban J connectivity index is 2.15. The molecule has 0 saturated heterocycles. The number of unbranched alkanes of at least 4 members (excludes halogenated alkanes) is 1. The van der Waals surface area contributed by atoms with Crippen LogP contribution in [-0.2, 0) is 6.42 Å². The first-order valence-electron chi connectivity index (χ1n) is 8.63. The van der Waals surface area contributed by atoms with Gasteiger partial charge in [-0.1, -0.05) is 18.5 Å². The number of carbonyl (C=O) groups excluding carboxylic acids is 1. The van der Waals surface area contributed by atoms with Crippen molar-refractivity contribution in [1.29, 1.82) is 0 Å². The van der Waals surface area contributed by atoms with Gasteiger partial charge in [0, 0.05) is 5.56 Å². The standard InChI is InChI=1S/C18H25N3O4S/c1-4-5-6-15-14(12(3)25-21-15)7-8-16-19-11(2)17(26-16)18(24)20-13(9-22)10-23/h7-8,13,22-23H,4-6,9-10H2,1-3H3,(H,20,24)/b8-7+. The number of hydrogen-bond donors (Lipinski definition) is 3. The average Bonchev–Trinajstić information content (AvgIpc) is 3.18. The van der Waals surface area contributed by atoms with E-state index in [0.717, 1.165) is 36.3 Å². The monoisotopic (exact) mass is 379 g/mol. The van der Waals surface area contributed by atoms with Crippen LogP contribution < -0.4 is 5.32 Å². The lowest BCUT2D eigenvalue weighted by atomic mass is 10.1. The summed E-state index contributed by atoms with van der Waals surface area (Å²) in [5, 5.41) is 25.6. The van der Waals surface area contributed by atoms with Crippen LogP contribution in [0.25, 0.3) is 12.2 Å². The van der Waals surface area contributed by atoms with E-state index >= 15 is 0 Å². The van der Waals surface area contributed by atoms with E-state index in [1.165, 1.54) is 11.3 Å². The lowest BCUT2D eigenvalue weighted by molar-refractivity contribution is 0.0882. The van der Waals surface area contributed by atoms with Crippen LogP contribution in [0.5, 0.6) is 0 Å². The molecule has 2 heterocycles. The second kappa shape index (κ2) is 9.61. The smallest absolute Gasteiger partial charge is 0.263 e. The van der Waals surface area contributed by atoms with Crippen molar-refractivity contribution < 1.29 is 19.5 Å². The molecule has 142 valence electrons. The Morgan fingerprint density at radius 1 is 1.31 bits per heavy atom. The molecule has 2 aromatic rings. The predicted molar refractivity (Wildman–Crippen MR) is 101 cm³/mol. The van der Waals surface area contributed by atoms with Crippen molar-refractivity contribution >= 4 is 29.4 Å². The molecule has 0 aliphatic carbocycles. The first kappa shape index (κ1) is 20.3. The first-order chi connectivity index (χ1) is 12.5. The van der Waals surface area contributed by atoms with Crippen LogP contribution in [0.15, 0.2) is 4.52 Å². The molecule has 0 unspecified atom stereocenters. The molecule has 0 aliphatic rings. The van der Waals surface area contributed by atoms with Gasteiger partial charge in [-0.2, -0.15) is 0 Å². The van der Waals surface area contributed by atoms with Gasteiger partial charge in [-0.05, 0) is 38.8 Å². The zero-order chi connectivity index (χ0) is 19.1. The highest BCUT2D eigenvalue weighted by Crippen LogP contribution is 2.23. The summed E-state index contributed by atoms with van der Waals surface area (Å²) >= 11 is 1.26. The van der Waals surface area contributed by atoms with Crippen LogP contribution in [0.2, 0.25) is 0 Å². The van der Waals surface area contributed by atoms with E-state index in [9.17, 15) is 4.79 Å². The topological polar surface area (TPSA) is 108 Å². The minimum Gasteiger partial charge on any atom is -0.394 e. The fourth-order valence-corrected chi connectivity index (χ4v) is 3.29. The Hall–Kier alpha value is -2.03. The third kappa shape index (κ3) is 5.00. The van der Waals surface area contributed by atoms with Gasteiger partial charge in [0.2, 0.25) is 0 Å². The molecular weight excluding hydrogens is 354 g/mol. The van der Waals surface area contributed by atoms with Crippen molar-refractivity contribution in [2.24, 2.45) is 0 Å². The molecule has 8 heteroatoms. The van der Waals surface area contributed by atoms with Gasteiger partial charge in [0.1, 0.15) is 15.6 Å². The highest BCUT2D eigenvalue weighted by molar-refractivity contribution is 7.14. The van der Waals surface area contributed by atoms with Crippen LogP contribution in [-0.4, -0.2) is 45.5 Å². The molecule has 2 aromatic heterocycles. The largest absolute Gasteiger partial charge is 0.394 e. The number of amides is 1. The second-order valence-electron chi connectivity index (χ2n) is 6.04. The van der Waals surface area contributed by atoms with Crippen molar-refractivity contribution in [1.82, 2.24) is 15.5 Å². The minimum absolute atomic E-state index is 0.319. The van der Waals surface area contributed by atoms with E-state index < -0.39 is 6.04 Å². The zero-order valence-corrected chi connectivity index (χ0v) is 16.1. The maximum absolute atomic E-state index is 12.3. The fourth-order valence-electron chi connectivity index (χ4n) is 2.42. The van der Waals surface area contributed by atoms with Crippen molar-refractivity contribution in [2.75, 3.05) is 13.2 Å². The number of rotatable bonds is 9. The molecule has 0 saturated carbocycles. The Labute approximate surface area is 156 Å². The summed E-state index contributed by atoms with van der Waals surface area (Å²) in [5.74, 6) is 0.407. The van der Waals surface area contributed by atoms with Gasteiger partial charge in [-0.3, -0.25) is 4.79 Å². The summed E-state index contributed by atoms with van der Waals surface area (Å²) < 4.78 is 5.29. The fraction of sp³-hybridized carbons (Fsp3) is 0.500. The van der Waals surface area contributed by atoms with Gasteiger partial charge in [-0.25, -0.2) is 4.98 Å². The quantitative estimate of drug-likeness (QED) is 0.617. The molecule has 26 heavy (non-hydrogen) atoms. The summed E-state index contributed by atoms with van der Waals surface area (Å²) in [5.41, 5.74) is 2.49. The van der Waals surface area contributed by atoms with Crippen LogP contribution >= 0.6 is 11.3 Å². The number of nitrogens with one attached hydrogen (secondary N) is 1. The third-order valence-corrected chi connectivity index (χ3v) is 5.06. The predicted octanol–water partition coefficient (Wildman–Crippen LogP) is 2.34. The van der Waals surface area contributed by atoms with Gasteiger partial charge < -0.3 is 20.1 Å². The highest BCUT2D eigenvalue weighted by atomic mass is 32.1. The molecule has 0 aromatic carbocycles. The highest BCUT2D eigenvalue weighted by Gasteiger charge is 2.18. The number of thiazole rings is 1. The van der Waals surface area contributed by atoms with Crippen molar-refractivity contribution in [3.63, 3.8) is 0 Å². The van der Waals surface area contributed by atoms with Crippen LogP contribution in [0.4, 0.5) is 0 Å². The Morgan fingerprint density at radius 2 is 2.04 bits per heavy atom. The molecule has 2 rings (SSSR count). The lowest BCUT2D eigenvalue weighted by Crippen LogP contribution is -2.40. The summed E-state index contributed by atoms with van der Waals surface area (Å²) in [6.07, 6.45) is 6.76. The molecule has 3 N–H and O–H groups in total. The lowest BCUT2D eigenvalue weighted by Gasteiger charge is -2.12. The number of carbonyl (C=O) groups is 1. The Bertz CT molecular complexity index is 763. The summed E-state index contributed by atoms with van der Waals surface area (Å²) in [6, 6.07) is -0.677. The van der Waals surface area contributed by atoms with Gasteiger partial charge in [0.15, 0.2) is 0 Å². The number of aromatic nitrogens is 2. The summed E-state index contributed by atoms with van der Waals surface area (Å²) in [4.78, 5) is 17.1. The number of aliphatic hydroxyl groups is 2. The zero-order valence-electron chi connectivity index (χ0n) is 15.3. The molecule has 7 nitrogen and oxygen atoms in total. The SMILES string of the molecule is CCCCc1noc(C)c1/C=C/c1nc(C)c(C(=O)NC(CO)CO)s1. The first-order valence-corrected chi connectivity index (χ1v) is 9.45. The Kier molecular flexibility index (Phi) is 7.50. The number of aliphatic hydroxyl groups excluding tert-OH is 2. The van der Waals surface area contributed by atoms with Crippen LogP contribution in [0.3, 0.4) is 0 Å². The van der Waals surface area contributed by atoms with E-state index in [1.807, 2.05) is 19.1 Å².